The van der Waals surface area contributed by atoms with E-state index in [9.17, 15) is 0 Å². The number of aryl methyl sites for hydroxylation is 3. The molecule has 0 radical (unpaired) electrons. The fourth-order valence-electron chi connectivity index (χ4n) is 3.97. The van der Waals surface area contributed by atoms with Crippen molar-refractivity contribution in [2.45, 2.75) is 6.92 Å². The summed E-state index contributed by atoms with van der Waals surface area (Å²) >= 11 is 0. The average molecular weight is 298 g/mol. The molecule has 112 valence electrons. The molecule has 0 spiro atoms. The van der Waals surface area contributed by atoms with Crippen LogP contribution in [0.2, 0.25) is 0 Å². The number of fused-ring (bicyclic) bond motifs is 6. The molecule has 3 aromatic carbocycles. The van der Waals surface area contributed by atoms with E-state index in [-0.39, 0.29) is 0 Å². The lowest BCUT2D eigenvalue weighted by atomic mass is 10.1. The standard InChI is InChI=1S/C21H18N2/c1-13-8-9-19-15(10-13)17-12-20-16(11-21(17)23(19)3)14-6-4-5-7-18(14)22(20)2/h4-12H,1-3H3. The SMILES string of the molecule is Cc1ccc2c(c1)c1cc3c(cc1n2C)c1ccccc1n3C. The van der Waals surface area contributed by atoms with E-state index < -0.39 is 0 Å². The highest BCUT2D eigenvalue weighted by Gasteiger charge is 2.13. The molecule has 0 unspecified atom stereocenters. The zero-order valence-electron chi connectivity index (χ0n) is 13.6. The molecular formula is C21H18N2. The van der Waals surface area contributed by atoms with Crippen LogP contribution in [0.25, 0.3) is 43.6 Å². The summed E-state index contributed by atoms with van der Waals surface area (Å²) in [6, 6.07) is 20.1. The Morgan fingerprint density at radius 2 is 1.13 bits per heavy atom. The van der Waals surface area contributed by atoms with Crippen molar-refractivity contribution in [1.29, 1.82) is 0 Å². The van der Waals surface area contributed by atoms with Crippen LogP contribution in [0.15, 0.2) is 54.6 Å². The van der Waals surface area contributed by atoms with E-state index in [1.54, 1.807) is 0 Å². The third kappa shape index (κ3) is 1.53. The molecule has 2 aromatic heterocycles. The van der Waals surface area contributed by atoms with Gasteiger partial charge in [-0.15, -0.1) is 0 Å². The van der Waals surface area contributed by atoms with Crippen LogP contribution >= 0.6 is 0 Å². The van der Waals surface area contributed by atoms with Crippen LogP contribution in [-0.2, 0) is 14.1 Å². The van der Waals surface area contributed by atoms with Gasteiger partial charge in [-0.05, 0) is 37.3 Å². The van der Waals surface area contributed by atoms with Gasteiger partial charge in [-0.25, -0.2) is 0 Å². The third-order valence-electron chi connectivity index (χ3n) is 5.20. The van der Waals surface area contributed by atoms with Crippen LogP contribution in [0, 0.1) is 6.92 Å². The molecule has 0 atom stereocenters. The zero-order valence-corrected chi connectivity index (χ0v) is 13.6. The minimum Gasteiger partial charge on any atom is -0.344 e. The van der Waals surface area contributed by atoms with Crippen LogP contribution in [-0.4, -0.2) is 9.13 Å². The summed E-state index contributed by atoms with van der Waals surface area (Å²) in [5, 5.41) is 5.34. The summed E-state index contributed by atoms with van der Waals surface area (Å²) < 4.78 is 4.62. The number of nitrogens with zero attached hydrogens (tertiary/aromatic N) is 2. The Morgan fingerprint density at radius 3 is 1.87 bits per heavy atom. The number of aromatic nitrogens is 2. The van der Waals surface area contributed by atoms with Crippen molar-refractivity contribution in [1.82, 2.24) is 9.13 Å². The van der Waals surface area contributed by atoms with Gasteiger partial charge in [0.15, 0.2) is 0 Å². The van der Waals surface area contributed by atoms with Gasteiger partial charge < -0.3 is 9.13 Å². The first-order valence-corrected chi connectivity index (χ1v) is 8.01. The molecule has 2 nitrogen and oxygen atoms in total. The number of benzene rings is 3. The van der Waals surface area contributed by atoms with Gasteiger partial charge in [0.05, 0.1) is 0 Å². The van der Waals surface area contributed by atoms with Crippen molar-refractivity contribution in [3.8, 4) is 0 Å². The largest absolute Gasteiger partial charge is 0.344 e. The van der Waals surface area contributed by atoms with Crippen molar-refractivity contribution < 1.29 is 0 Å². The molecule has 0 saturated heterocycles. The molecule has 0 fully saturated rings. The minimum atomic E-state index is 1.29. The highest BCUT2D eigenvalue weighted by atomic mass is 15.0. The first-order valence-electron chi connectivity index (χ1n) is 8.01. The van der Waals surface area contributed by atoms with Gasteiger partial charge in [-0.2, -0.15) is 0 Å². The van der Waals surface area contributed by atoms with Crippen molar-refractivity contribution in [3.05, 3.63) is 60.2 Å². The molecular weight excluding hydrogens is 280 g/mol. The maximum atomic E-state index is 2.35. The maximum Gasteiger partial charge on any atom is 0.0496 e. The summed E-state index contributed by atoms with van der Waals surface area (Å²) in [7, 11) is 4.32. The third-order valence-corrected chi connectivity index (χ3v) is 5.20. The molecule has 0 aliphatic heterocycles. The van der Waals surface area contributed by atoms with Crippen molar-refractivity contribution >= 4 is 43.6 Å². The van der Waals surface area contributed by atoms with E-state index in [0.29, 0.717) is 0 Å². The summed E-state index contributed by atoms with van der Waals surface area (Å²) in [6.07, 6.45) is 0. The summed E-state index contributed by atoms with van der Waals surface area (Å²) in [6.45, 7) is 2.16. The highest BCUT2D eigenvalue weighted by Crippen LogP contribution is 2.36. The van der Waals surface area contributed by atoms with E-state index in [4.69, 9.17) is 0 Å². The maximum absolute atomic E-state index is 2.35. The summed E-state index contributed by atoms with van der Waals surface area (Å²) in [5.41, 5.74) is 6.49. The lowest BCUT2D eigenvalue weighted by molar-refractivity contribution is 1.01. The van der Waals surface area contributed by atoms with Crippen LogP contribution in [0.5, 0.6) is 0 Å². The van der Waals surface area contributed by atoms with Gasteiger partial charge >= 0.3 is 0 Å². The van der Waals surface area contributed by atoms with Gasteiger partial charge in [0.2, 0.25) is 0 Å². The van der Waals surface area contributed by atoms with E-state index >= 15 is 0 Å². The zero-order chi connectivity index (χ0) is 15.7. The van der Waals surface area contributed by atoms with Crippen LogP contribution in [0.4, 0.5) is 0 Å². The predicted octanol–water partition coefficient (Wildman–Crippen LogP) is 5.28. The van der Waals surface area contributed by atoms with Crippen molar-refractivity contribution in [2.24, 2.45) is 14.1 Å². The Bertz CT molecular complexity index is 1240. The normalized spacial score (nSPS) is 12.1. The van der Waals surface area contributed by atoms with E-state index in [1.165, 1.54) is 49.2 Å². The first kappa shape index (κ1) is 12.8. The second kappa shape index (κ2) is 4.17. The summed E-state index contributed by atoms with van der Waals surface area (Å²) in [4.78, 5) is 0. The smallest absolute Gasteiger partial charge is 0.0496 e. The van der Waals surface area contributed by atoms with Crippen molar-refractivity contribution in [3.63, 3.8) is 0 Å². The van der Waals surface area contributed by atoms with E-state index in [1.807, 2.05) is 0 Å². The van der Waals surface area contributed by atoms with E-state index in [0.717, 1.165) is 0 Å². The Hall–Kier alpha value is -2.74. The number of rotatable bonds is 0. The molecule has 2 heterocycles. The molecule has 0 aliphatic rings. The van der Waals surface area contributed by atoms with Crippen LogP contribution in [0.3, 0.4) is 0 Å². The topological polar surface area (TPSA) is 9.86 Å². The van der Waals surface area contributed by atoms with Crippen LogP contribution < -0.4 is 0 Å². The molecule has 0 amide bonds. The van der Waals surface area contributed by atoms with Gasteiger partial charge in [0.1, 0.15) is 0 Å². The highest BCUT2D eigenvalue weighted by molar-refractivity contribution is 6.17. The fourth-order valence-corrected chi connectivity index (χ4v) is 3.97. The monoisotopic (exact) mass is 298 g/mol. The minimum absolute atomic E-state index is 1.29. The quantitative estimate of drug-likeness (QED) is 0.368. The molecule has 0 saturated carbocycles. The second-order valence-corrected chi connectivity index (χ2v) is 6.54. The Balaban J connectivity index is 2.08. The molecule has 0 N–H and O–H groups in total. The number of hydrogen-bond donors (Lipinski definition) is 0. The molecule has 23 heavy (non-hydrogen) atoms. The molecule has 0 aliphatic carbocycles. The predicted molar refractivity (Wildman–Crippen MR) is 99.1 cm³/mol. The average Bonchev–Trinajstić information content (AvgIpc) is 3.00. The Labute approximate surface area is 134 Å². The lowest BCUT2D eigenvalue weighted by Gasteiger charge is -2.00. The fraction of sp³-hybridized carbons (Fsp3) is 0.143. The van der Waals surface area contributed by atoms with Crippen molar-refractivity contribution in [2.75, 3.05) is 0 Å². The second-order valence-electron chi connectivity index (χ2n) is 6.54. The van der Waals surface area contributed by atoms with Crippen LogP contribution in [0.1, 0.15) is 5.56 Å². The Morgan fingerprint density at radius 1 is 0.565 bits per heavy atom. The van der Waals surface area contributed by atoms with E-state index in [2.05, 4.69) is 84.8 Å². The number of para-hydroxylation sites is 1. The lowest BCUT2D eigenvalue weighted by Crippen LogP contribution is -1.87. The molecule has 5 aromatic rings. The molecule has 0 bridgehead atoms. The Kier molecular flexibility index (Phi) is 2.31. The molecule has 5 rings (SSSR count). The molecule has 2 heteroatoms. The van der Waals surface area contributed by atoms with Gasteiger partial charge in [-0.1, -0.05) is 29.8 Å². The number of hydrogen-bond acceptors (Lipinski definition) is 0. The van der Waals surface area contributed by atoms with Gasteiger partial charge in [-0.3, -0.25) is 0 Å². The van der Waals surface area contributed by atoms with Gasteiger partial charge in [0.25, 0.3) is 0 Å². The van der Waals surface area contributed by atoms with Gasteiger partial charge in [0, 0.05) is 57.7 Å². The summed E-state index contributed by atoms with van der Waals surface area (Å²) in [5.74, 6) is 0. The first-order chi connectivity index (χ1) is 11.1.